The first-order chi connectivity index (χ1) is 8.97. The van der Waals surface area contributed by atoms with Crippen LogP contribution in [-0.4, -0.2) is 18.5 Å². The molecule has 0 saturated carbocycles. The molecule has 2 atom stereocenters. The largest absolute Gasteiger partial charge is 0.354 e. The summed E-state index contributed by atoms with van der Waals surface area (Å²) in [5.41, 5.74) is 6.52. The Balaban J connectivity index is 2.67. The number of carbonyl (C=O) groups is 1. The van der Waals surface area contributed by atoms with Gasteiger partial charge in [0.1, 0.15) is 0 Å². The first-order valence-electron chi connectivity index (χ1n) is 6.44. The highest BCUT2D eigenvalue weighted by Crippen LogP contribution is 2.31. The molecule has 1 rings (SSSR count). The molecule has 0 bridgehead atoms. The molecule has 5 heteroatoms. The van der Waals surface area contributed by atoms with Gasteiger partial charge in [-0.25, -0.2) is 0 Å². The summed E-state index contributed by atoms with van der Waals surface area (Å²) in [5, 5.41) is 3.85. The average Bonchev–Trinajstić information content (AvgIpc) is 2.36. The number of amides is 1. The average molecular weight is 303 g/mol. The van der Waals surface area contributed by atoms with Crippen LogP contribution in [0.15, 0.2) is 18.2 Å². The molecule has 0 fully saturated rings. The maximum absolute atomic E-state index is 12.1. The lowest BCUT2D eigenvalue weighted by atomic mass is 10.00. The van der Waals surface area contributed by atoms with E-state index in [1.807, 2.05) is 0 Å². The molecule has 0 spiro atoms. The van der Waals surface area contributed by atoms with E-state index in [0.717, 1.165) is 12.8 Å². The van der Waals surface area contributed by atoms with Gasteiger partial charge in [0.2, 0.25) is 5.91 Å². The third-order valence-electron chi connectivity index (χ3n) is 3.02. The lowest BCUT2D eigenvalue weighted by Crippen LogP contribution is -2.38. The van der Waals surface area contributed by atoms with Crippen LogP contribution in [0.4, 0.5) is 0 Å². The van der Waals surface area contributed by atoms with Crippen molar-refractivity contribution in [3.05, 3.63) is 33.8 Å². The number of carbonyl (C=O) groups excluding carboxylic acids is 1. The van der Waals surface area contributed by atoms with Crippen molar-refractivity contribution in [2.45, 2.75) is 38.6 Å². The van der Waals surface area contributed by atoms with E-state index in [-0.39, 0.29) is 11.9 Å². The first-order valence-corrected chi connectivity index (χ1v) is 7.20. The van der Waals surface area contributed by atoms with Gasteiger partial charge in [-0.1, -0.05) is 42.6 Å². The molecule has 1 aromatic carbocycles. The second-order valence-electron chi connectivity index (χ2n) is 4.65. The van der Waals surface area contributed by atoms with E-state index in [1.54, 1.807) is 25.1 Å². The van der Waals surface area contributed by atoms with E-state index < -0.39 is 5.92 Å². The lowest BCUT2D eigenvalue weighted by molar-refractivity contribution is -0.122. The second-order valence-corrected chi connectivity index (χ2v) is 5.47. The van der Waals surface area contributed by atoms with Gasteiger partial charge in [-0.15, -0.1) is 0 Å². The van der Waals surface area contributed by atoms with Gasteiger partial charge in [0.25, 0.3) is 0 Å². The van der Waals surface area contributed by atoms with Crippen LogP contribution in [0, 0.1) is 0 Å². The molecule has 3 nitrogen and oxygen atoms in total. The number of nitrogens with one attached hydrogen (secondary N) is 1. The van der Waals surface area contributed by atoms with Crippen LogP contribution in [0.1, 0.15) is 38.2 Å². The Morgan fingerprint density at radius 3 is 2.47 bits per heavy atom. The maximum Gasteiger partial charge on any atom is 0.227 e. The molecule has 0 heterocycles. The minimum Gasteiger partial charge on any atom is -0.354 e. The SMILES string of the molecule is CCC[C@@H](N)CNC(=O)[C@H](C)c1c(Cl)cccc1Cl. The summed E-state index contributed by atoms with van der Waals surface area (Å²) in [7, 11) is 0. The minimum atomic E-state index is -0.393. The highest BCUT2D eigenvalue weighted by molar-refractivity contribution is 6.36. The molecule has 1 aromatic rings. The molecule has 19 heavy (non-hydrogen) atoms. The van der Waals surface area contributed by atoms with Gasteiger partial charge in [0.15, 0.2) is 0 Å². The Labute approximate surface area is 124 Å². The number of nitrogens with two attached hydrogens (primary N) is 1. The van der Waals surface area contributed by atoms with Gasteiger partial charge < -0.3 is 11.1 Å². The molecular formula is C14H20Cl2N2O. The topological polar surface area (TPSA) is 55.1 Å². The summed E-state index contributed by atoms with van der Waals surface area (Å²) in [6, 6.07) is 5.21. The summed E-state index contributed by atoms with van der Waals surface area (Å²) in [6.45, 7) is 4.32. The molecule has 0 unspecified atom stereocenters. The third kappa shape index (κ3) is 4.68. The van der Waals surface area contributed by atoms with Gasteiger partial charge in [-0.2, -0.15) is 0 Å². The molecule has 0 aromatic heterocycles. The molecule has 0 aliphatic heterocycles. The highest BCUT2D eigenvalue weighted by Gasteiger charge is 2.20. The van der Waals surface area contributed by atoms with Crippen LogP contribution in [0.5, 0.6) is 0 Å². The van der Waals surface area contributed by atoms with E-state index in [9.17, 15) is 4.79 Å². The minimum absolute atomic E-state index is 0.0112. The summed E-state index contributed by atoms with van der Waals surface area (Å²) < 4.78 is 0. The van der Waals surface area contributed by atoms with Gasteiger partial charge in [-0.05, 0) is 25.5 Å². The smallest absolute Gasteiger partial charge is 0.227 e. The number of benzene rings is 1. The summed E-state index contributed by atoms with van der Waals surface area (Å²) >= 11 is 12.2. The molecule has 0 aliphatic rings. The van der Waals surface area contributed by atoms with Crippen LogP contribution in [-0.2, 0) is 4.79 Å². The Morgan fingerprint density at radius 1 is 1.37 bits per heavy atom. The zero-order chi connectivity index (χ0) is 14.4. The van der Waals surface area contributed by atoms with E-state index in [0.29, 0.717) is 22.2 Å². The fourth-order valence-corrected chi connectivity index (χ4v) is 2.64. The molecule has 0 saturated heterocycles. The molecule has 1 amide bonds. The molecule has 0 radical (unpaired) electrons. The predicted octanol–water partition coefficient (Wildman–Crippen LogP) is 3.34. The van der Waals surface area contributed by atoms with Crippen LogP contribution in [0.25, 0.3) is 0 Å². The standard InChI is InChI=1S/C14H20Cl2N2O/c1-3-5-10(17)8-18-14(19)9(2)13-11(15)6-4-7-12(13)16/h4,6-7,9-10H,3,5,8,17H2,1-2H3,(H,18,19)/t9-,10-/m1/s1. The van der Waals surface area contributed by atoms with Crippen LogP contribution in [0.2, 0.25) is 10.0 Å². The van der Waals surface area contributed by atoms with Crippen molar-refractivity contribution in [2.75, 3.05) is 6.54 Å². The zero-order valence-electron chi connectivity index (χ0n) is 11.2. The molecular weight excluding hydrogens is 283 g/mol. The van der Waals surface area contributed by atoms with Gasteiger partial charge in [0, 0.05) is 28.2 Å². The van der Waals surface area contributed by atoms with Crippen molar-refractivity contribution in [1.82, 2.24) is 5.32 Å². The fraction of sp³-hybridized carbons (Fsp3) is 0.500. The fourth-order valence-electron chi connectivity index (χ4n) is 1.91. The monoisotopic (exact) mass is 302 g/mol. The summed E-state index contributed by atoms with van der Waals surface area (Å²) in [6.07, 6.45) is 1.89. The van der Waals surface area contributed by atoms with Crippen LogP contribution < -0.4 is 11.1 Å². The Hall–Kier alpha value is -0.770. The lowest BCUT2D eigenvalue weighted by Gasteiger charge is -2.17. The second kappa shape index (κ2) is 7.73. The van der Waals surface area contributed by atoms with Crippen molar-refractivity contribution in [2.24, 2.45) is 5.73 Å². The van der Waals surface area contributed by atoms with Gasteiger partial charge in [0.05, 0.1) is 5.92 Å². The van der Waals surface area contributed by atoms with E-state index in [4.69, 9.17) is 28.9 Å². The number of halogens is 2. The molecule has 3 N–H and O–H groups in total. The predicted molar refractivity (Wildman–Crippen MR) is 80.8 cm³/mol. The normalized spacial score (nSPS) is 13.9. The van der Waals surface area contributed by atoms with Crippen molar-refractivity contribution in [1.29, 1.82) is 0 Å². The highest BCUT2D eigenvalue weighted by atomic mass is 35.5. The number of hydrogen-bond donors (Lipinski definition) is 2. The van der Waals surface area contributed by atoms with Crippen molar-refractivity contribution >= 4 is 29.1 Å². The Kier molecular flexibility index (Phi) is 6.63. The first kappa shape index (κ1) is 16.3. The number of rotatable bonds is 6. The Morgan fingerprint density at radius 2 is 1.95 bits per heavy atom. The van der Waals surface area contributed by atoms with Crippen molar-refractivity contribution < 1.29 is 4.79 Å². The zero-order valence-corrected chi connectivity index (χ0v) is 12.8. The van der Waals surface area contributed by atoms with Gasteiger partial charge in [-0.3, -0.25) is 4.79 Å². The van der Waals surface area contributed by atoms with E-state index >= 15 is 0 Å². The molecule has 0 aliphatic carbocycles. The van der Waals surface area contributed by atoms with Crippen LogP contribution in [0.3, 0.4) is 0 Å². The van der Waals surface area contributed by atoms with Crippen molar-refractivity contribution in [3.8, 4) is 0 Å². The van der Waals surface area contributed by atoms with Crippen LogP contribution >= 0.6 is 23.2 Å². The third-order valence-corrected chi connectivity index (χ3v) is 3.68. The number of hydrogen-bond acceptors (Lipinski definition) is 2. The van der Waals surface area contributed by atoms with Gasteiger partial charge >= 0.3 is 0 Å². The van der Waals surface area contributed by atoms with Crippen molar-refractivity contribution in [3.63, 3.8) is 0 Å². The summed E-state index contributed by atoms with van der Waals surface area (Å²) in [5.74, 6) is -0.503. The maximum atomic E-state index is 12.1. The Bertz CT molecular complexity index is 417. The van der Waals surface area contributed by atoms with E-state index in [2.05, 4.69) is 12.2 Å². The van der Waals surface area contributed by atoms with E-state index in [1.165, 1.54) is 0 Å². The molecule has 106 valence electrons. The summed E-state index contributed by atoms with van der Waals surface area (Å²) in [4.78, 5) is 12.1. The quantitative estimate of drug-likeness (QED) is 0.847.